The molecule has 0 heterocycles. The second-order valence-electron chi connectivity index (χ2n) is 5.06. The molecule has 0 unspecified atom stereocenters. The highest BCUT2D eigenvalue weighted by Gasteiger charge is 2.11. The van der Waals surface area contributed by atoms with Crippen LogP contribution in [0.3, 0.4) is 0 Å². The SMILES string of the molecule is CNCc1cccc(CS(=O)(=O)NCCCCCSC)c1. The van der Waals surface area contributed by atoms with Crippen LogP contribution in [0, 0.1) is 0 Å². The maximum atomic E-state index is 12.0. The van der Waals surface area contributed by atoms with Crippen molar-refractivity contribution in [2.24, 2.45) is 0 Å². The predicted octanol–water partition coefficient (Wildman–Crippen LogP) is 2.36. The van der Waals surface area contributed by atoms with E-state index in [1.165, 1.54) is 0 Å². The Morgan fingerprint density at radius 2 is 1.90 bits per heavy atom. The fraction of sp³-hybridized carbons (Fsp3) is 0.600. The van der Waals surface area contributed by atoms with Crippen molar-refractivity contribution in [3.05, 3.63) is 35.4 Å². The summed E-state index contributed by atoms with van der Waals surface area (Å²) >= 11 is 1.83. The van der Waals surface area contributed by atoms with Gasteiger partial charge in [-0.25, -0.2) is 13.1 Å². The molecule has 0 bridgehead atoms. The third kappa shape index (κ3) is 8.46. The molecule has 0 aliphatic heterocycles. The van der Waals surface area contributed by atoms with Gasteiger partial charge in [0.25, 0.3) is 0 Å². The molecular weight excluding hydrogens is 304 g/mol. The summed E-state index contributed by atoms with van der Waals surface area (Å²) in [6, 6.07) is 7.69. The van der Waals surface area contributed by atoms with Crippen LogP contribution in [0.1, 0.15) is 30.4 Å². The van der Waals surface area contributed by atoms with Gasteiger partial charge in [-0.15, -0.1) is 0 Å². The van der Waals surface area contributed by atoms with Crippen molar-refractivity contribution >= 4 is 21.8 Å². The zero-order valence-corrected chi connectivity index (χ0v) is 14.5. The van der Waals surface area contributed by atoms with Gasteiger partial charge in [0.2, 0.25) is 10.0 Å². The van der Waals surface area contributed by atoms with Crippen molar-refractivity contribution < 1.29 is 8.42 Å². The van der Waals surface area contributed by atoms with Crippen molar-refractivity contribution in [1.82, 2.24) is 10.0 Å². The molecule has 0 spiro atoms. The Labute approximate surface area is 133 Å². The zero-order chi connectivity index (χ0) is 15.6. The lowest BCUT2D eigenvalue weighted by Gasteiger charge is -2.08. The van der Waals surface area contributed by atoms with Gasteiger partial charge >= 0.3 is 0 Å². The van der Waals surface area contributed by atoms with E-state index in [-0.39, 0.29) is 5.75 Å². The number of rotatable bonds is 11. The van der Waals surface area contributed by atoms with Crippen LogP contribution in [0.5, 0.6) is 0 Å². The number of hydrogen-bond donors (Lipinski definition) is 2. The van der Waals surface area contributed by atoms with Gasteiger partial charge in [0, 0.05) is 13.1 Å². The Bertz CT molecular complexity index is 504. The molecule has 4 nitrogen and oxygen atoms in total. The average molecular weight is 331 g/mol. The minimum atomic E-state index is -3.23. The minimum Gasteiger partial charge on any atom is -0.316 e. The molecule has 0 atom stereocenters. The highest BCUT2D eigenvalue weighted by molar-refractivity contribution is 7.98. The standard InChI is InChI=1S/C15H26N2O2S2/c1-16-12-14-7-6-8-15(11-14)13-21(18,19)17-9-4-3-5-10-20-2/h6-8,11,16-17H,3-5,9-10,12-13H2,1-2H3. The molecule has 0 aromatic heterocycles. The van der Waals surface area contributed by atoms with Crippen molar-refractivity contribution in [2.75, 3.05) is 25.6 Å². The molecular formula is C15H26N2O2S2. The molecule has 0 aliphatic carbocycles. The minimum absolute atomic E-state index is 0.0510. The van der Waals surface area contributed by atoms with E-state index in [9.17, 15) is 8.42 Å². The van der Waals surface area contributed by atoms with Crippen molar-refractivity contribution in [3.63, 3.8) is 0 Å². The zero-order valence-electron chi connectivity index (χ0n) is 12.9. The molecule has 21 heavy (non-hydrogen) atoms. The summed E-state index contributed by atoms with van der Waals surface area (Å²) in [5.74, 6) is 1.19. The van der Waals surface area contributed by atoms with Crippen LogP contribution in [-0.2, 0) is 22.3 Å². The lowest BCUT2D eigenvalue weighted by atomic mass is 10.1. The summed E-state index contributed by atoms with van der Waals surface area (Å²) in [6.45, 7) is 1.28. The molecule has 1 aromatic rings. The summed E-state index contributed by atoms with van der Waals surface area (Å²) in [7, 11) is -1.36. The smallest absolute Gasteiger partial charge is 0.215 e. The first-order valence-corrected chi connectivity index (χ1v) is 10.3. The fourth-order valence-electron chi connectivity index (χ4n) is 2.08. The van der Waals surface area contributed by atoms with E-state index in [0.717, 1.165) is 42.7 Å². The average Bonchev–Trinajstić information content (AvgIpc) is 2.43. The van der Waals surface area contributed by atoms with E-state index >= 15 is 0 Å². The van der Waals surface area contributed by atoms with E-state index in [0.29, 0.717) is 6.54 Å². The van der Waals surface area contributed by atoms with Crippen LogP contribution < -0.4 is 10.0 Å². The van der Waals surface area contributed by atoms with Gasteiger partial charge < -0.3 is 5.32 Å². The maximum Gasteiger partial charge on any atom is 0.215 e. The van der Waals surface area contributed by atoms with Crippen LogP contribution in [0.2, 0.25) is 0 Å². The van der Waals surface area contributed by atoms with Crippen LogP contribution >= 0.6 is 11.8 Å². The third-order valence-corrected chi connectivity index (χ3v) is 5.13. The van der Waals surface area contributed by atoms with Gasteiger partial charge in [0.1, 0.15) is 0 Å². The fourth-order valence-corrected chi connectivity index (χ4v) is 3.75. The number of sulfonamides is 1. The van der Waals surface area contributed by atoms with E-state index in [1.807, 2.05) is 43.1 Å². The summed E-state index contributed by atoms with van der Waals surface area (Å²) in [5.41, 5.74) is 1.93. The second kappa shape index (κ2) is 10.2. The van der Waals surface area contributed by atoms with Gasteiger partial charge in [-0.2, -0.15) is 11.8 Å². The summed E-state index contributed by atoms with van der Waals surface area (Å²) in [5, 5.41) is 3.07. The number of benzene rings is 1. The first-order chi connectivity index (χ1) is 10.1. The Morgan fingerprint density at radius 3 is 2.62 bits per heavy atom. The molecule has 1 aromatic carbocycles. The van der Waals surface area contributed by atoms with Gasteiger partial charge in [-0.1, -0.05) is 30.7 Å². The molecule has 0 saturated heterocycles. The second-order valence-corrected chi connectivity index (χ2v) is 7.85. The monoisotopic (exact) mass is 330 g/mol. The van der Waals surface area contributed by atoms with Crippen molar-refractivity contribution in [2.45, 2.75) is 31.6 Å². The molecule has 6 heteroatoms. The van der Waals surface area contributed by atoms with E-state index in [2.05, 4.69) is 16.3 Å². The van der Waals surface area contributed by atoms with Crippen LogP contribution in [0.4, 0.5) is 0 Å². The van der Waals surface area contributed by atoms with Crippen LogP contribution in [0.15, 0.2) is 24.3 Å². The van der Waals surface area contributed by atoms with Crippen LogP contribution in [0.25, 0.3) is 0 Å². The van der Waals surface area contributed by atoms with Gasteiger partial charge in [0.15, 0.2) is 0 Å². The van der Waals surface area contributed by atoms with Gasteiger partial charge in [-0.3, -0.25) is 0 Å². The number of thioether (sulfide) groups is 1. The highest BCUT2D eigenvalue weighted by Crippen LogP contribution is 2.09. The van der Waals surface area contributed by atoms with Crippen LogP contribution in [-0.4, -0.2) is 34.0 Å². The number of unbranched alkanes of at least 4 members (excludes halogenated alkanes) is 2. The van der Waals surface area contributed by atoms with Crippen molar-refractivity contribution in [3.8, 4) is 0 Å². The topological polar surface area (TPSA) is 58.2 Å². The number of nitrogens with one attached hydrogen (secondary N) is 2. The normalized spacial score (nSPS) is 11.7. The van der Waals surface area contributed by atoms with Gasteiger partial charge in [-0.05, 0) is 43.0 Å². The molecule has 1 rings (SSSR count). The van der Waals surface area contributed by atoms with Crippen molar-refractivity contribution in [1.29, 1.82) is 0 Å². The third-order valence-electron chi connectivity index (χ3n) is 3.08. The molecule has 0 saturated carbocycles. The summed E-state index contributed by atoms with van der Waals surface area (Å²) in [4.78, 5) is 0. The van der Waals surface area contributed by atoms with E-state index < -0.39 is 10.0 Å². The Balaban J connectivity index is 2.39. The molecule has 0 radical (unpaired) electrons. The Kier molecular flexibility index (Phi) is 8.99. The lowest BCUT2D eigenvalue weighted by Crippen LogP contribution is -2.26. The van der Waals surface area contributed by atoms with E-state index in [1.54, 1.807) is 0 Å². The largest absolute Gasteiger partial charge is 0.316 e. The highest BCUT2D eigenvalue weighted by atomic mass is 32.2. The summed E-state index contributed by atoms with van der Waals surface area (Å²) < 4.78 is 26.7. The molecule has 2 N–H and O–H groups in total. The molecule has 0 amide bonds. The lowest BCUT2D eigenvalue weighted by molar-refractivity contribution is 0.575. The quantitative estimate of drug-likeness (QED) is 0.612. The molecule has 0 fully saturated rings. The summed E-state index contributed by atoms with van der Waals surface area (Å²) in [6.07, 6.45) is 5.21. The molecule has 120 valence electrons. The first kappa shape index (κ1) is 18.5. The predicted molar refractivity (Wildman–Crippen MR) is 92.1 cm³/mol. The van der Waals surface area contributed by atoms with Gasteiger partial charge in [0.05, 0.1) is 5.75 Å². The molecule has 0 aliphatic rings. The number of hydrogen-bond acceptors (Lipinski definition) is 4. The van der Waals surface area contributed by atoms with E-state index in [4.69, 9.17) is 0 Å². The first-order valence-electron chi connectivity index (χ1n) is 7.26. The Hall–Kier alpha value is -0.560. The maximum absolute atomic E-state index is 12.0. The Morgan fingerprint density at radius 1 is 1.14 bits per heavy atom.